The minimum absolute atomic E-state index is 0.116. The van der Waals surface area contributed by atoms with E-state index in [2.05, 4.69) is 0 Å². The van der Waals surface area contributed by atoms with Crippen LogP contribution < -0.4 is 9.47 Å². The number of fused-ring (bicyclic) bond motifs is 1. The minimum atomic E-state index is -0.215. The number of methoxy groups -OCH3 is 1. The molecule has 0 unspecified atom stereocenters. The summed E-state index contributed by atoms with van der Waals surface area (Å²) in [6.07, 6.45) is 1.69. The van der Waals surface area contributed by atoms with Crippen LogP contribution in [0.15, 0.2) is 12.1 Å². The van der Waals surface area contributed by atoms with Crippen molar-refractivity contribution in [2.45, 2.75) is 32.3 Å². The van der Waals surface area contributed by atoms with E-state index in [1.54, 1.807) is 19.2 Å². The monoisotopic (exact) mass is 282 g/mol. The Morgan fingerprint density at radius 3 is 2.85 bits per heavy atom. The van der Waals surface area contributed by atoms with Gasteiger partial charge >= 0.3 is 0 Å². The summed E-state index contributed by atoms with van der Waals surface area (Å²) in [6, 6.07) is 3.40. The lowest BCUT2D eigenvalue weighted by Crippen LogP contribution is -2.32. The van der Waals surface area contributed by atoms with E-state index in [4.69, 9.17) is 18.9 Å². The summed E-state index contributed by atoms with van der Waals surface area (Å²) in [7, 11) is 1.62. The SMILES string of the molecule is COCCOCOc1cc(O)c2c(c1)OC(C)(C)CC2. The van der Waals surface area contributed by atoms with Crippen LogP contribution in [-0.4, -0.2) is 37.8 Å². The summed E-state index contributed by atoms with van der Waals surface area (Å²) in [6.45, 7) is 5.18. The highest BCUT2D eigenvalue weighted by molar-refractivity contribution is 5.51. The molecule has 0 aliphatic carbocycles. The van der Waals surface area contributed by atoms with Crippen LogP contribution in [0.4, 0.5) is 0 Å². The fourth-order valence-corrected chi connectivity index (χ4v) is 2.12. The minimum Gasteiger partial charge on any atom is -0.507 e. The first kappa shape index (κ1) is 14.9. The third-order valence-corrected chi connectivity index (χ3v) is 3.26. The zero-order valence-electron chi connectivity index (χ0n) is 12.3. The molecule has 5 nitrogen and oxygen atoms in total. The molecule has 0 saturated carbocycles. The highest BCUT2D eigenvalue weighted by Gasteiger charge is 2.28. The molecule has 1 aromatic rings. The van der Waals surface area contributed by atoms with Crippen LogP contribution >= 0.6 is 0 Å². The molecule has 0 aromatic heterocycles. The third-order valence-electron chi connectivity index (χ3n) is 3.26. The van der Waals surface area contributed by atoms with Crippen LogP contribution in [0, 0.1) is 0 Å². The van der Waals surface area contributed by atoms with Gasteiger partial charge in [-0.25, -0.2) is 0 Å². The second kappa shape index (κ2) is 6.33. The van der Waals surface area contributed by atoms with E-state index in [0.717, 1.165) is 18.4 Å². The number of phenols is 1. The van der Waals surface area contributed by atoms with Gasteiger partial charge in [0.15, 0.2) is 6.79 Å². The average molecular weight is 282 g/mol. The average Bonchev–Trinajstić information content (AvgIpc) is 2.37. The number of ether oxygens (including phenoxy) is 4. The Balaban J connectivity index is 2.00. The number of aromatic hydroxyl groups is 1. The van der Waals surface area contributed by atoms with Gasteiger partial charge in [-0.2, -0.15) is 0 Å². The maximum absolute atomic E-state index is 10.0. The molecule has 0 atom stereocenters. The van der Waals surface area contributed by atoms with Crippen molar-refractivity contribution >= 4 is 0 Å². The maximum Gasteiger partial charge on any atom is 0.189 e. The van der Waals surface area contributed by atoms with Crippen molar-refractivity contribution in [1.82, 2.24) is 0 Å². The van der Waals surface area contributed by atoms with Crippen molar-refractivity contribution in [1.29, 1.82) is 0 Å². The molecule has 0 amide bonds. The summed E-state index contributed by atoms with van der Waals surface area (Å²) in [5.74, 6) is 1.44. The van der Waals surface area contributed by atoms with Gasteiger partial charge in [0, 0.05) is 24.8 Å². The van der Waals surface area contributed by atoms with Crippen LogP contribution in [-0.2, 0) is 15.9 Å². The number of rotatable bonds is 6. The summed E-state index contributed by atoms with van der Waals surface area (Å²) >= 11 is 0. The molecule has 1 aromatic carbocycles. The molecule has 1 aliphatic heterocycles. The van der Waals surface area contributed by atoms with Gasteiger partial charge in [0.2, 0.25) is 0 Å². The van der Waals surface area contributed by atoms with Gasteiger partial charge < -0.3 is 24.1 Å². The van der Waals surface area contributed by atoms with E-state index >= 15 is 0 Å². The maximum atomic E-state index is 10.0. The first-order valence-corrected chi connectivity index (χ1v) is 6.76. The van der Waals surface area contributed by atoms with E-state index in [9.17, 15) is 5.11 Å². The Morgan fingerprint density at radius 2 is 2.10 bits per heavy atom. The van der Waals surface area contributed by atoms with E-state index in [1.165, 1.54) is 0 Å². The standard InChI is InChI=1S/C15H22O5/c1-15(2)5-4-12-13(16)8-11(9-14(12)20-15)19-10-18-7-6-17-3/h8-9,16H,4-7,10H2,1-3H3. The zero-order valence-corrected chi connectivity index (χ0v) is 12.3. The van der Waals surface area contributed by atoms with E-state index < -0.39 is 0 Å². The third kappa shape index (κ3) is 3.77. The summed E-state index contributed by atoms with van der Waals surface area (Å²) in [4.78, 5) is 0. The predicted octanol–water partition coefficient (Wildman–Crippen LogP) is 2.50. The van der Waals surface area contributed by atoms with Crippen molar-refractivity contribution in [3.63, 3.8) is 0 Å². The van der Waals surface area contributed by atoms with Gasteiger partial charge in [-0.15, -0.1) is 0 Å². The van der Waals surface area contributed by atoms with Gasteiger partial charge in [0.25, 0.3) is 0 Å². The molecule has 1 heterocycles. The summed E-state index contributed by atoms with van der Waals surface area (Å²) in [5.41, 5.74) is 0.629. The lowest BCUT2D eigenvalue weighted by atomic mass is 9.94. The van der Waals surface area contributed by atoms with Crippen LogP contribution in [0.25, 0.3) is 0 Å². The van der Waals surface area contributed by atoms with Gasteiger partial charge in [0.1, 0.15) is 22.8 Å². The number of hydrogen-bond acceptors (Lipinski definition) is 5. The topological polar surface area (TPSA) is 57.2 Å². The van der Waals surface area contributed by atoms with Crippen molar-refractivity contribution in [2.24, 2.45) is 0 Å². The van der Waals surface area contributed by atoms with Gasteiger partial charge in [-0.05, 0) is 26.7 Å². The molecule has 0 bridgehead atoms. The molecule has 1 aliphatic rings. The predicted molar refractivity (Wildman–Crippen MR) is 74.5 cm³/mol. The Morgan fingerprint density at radius 1 is 1.30 bits per heavy atom. The van der Waals surface area contributed by atoms with Crippen molar-refractivity contribution < 1.29 is 24.1 Å². The Hall–Kier alpha value is -1.46. The van der Waals surface area contributed by atoms with Gasteiger partial charge in [-0.3, -0.25) is 0 Å². The lowest BCUT2D eigenvalue weighted by molar-refractivity contribution is -0.00886. The second-order valence-electron chi connectivity index (χ2n) is 5.44. The Bertz CT molecular complexity index is 456. The largest absolute Gasteiger partial charge is 0.507 e. The Kier molecular flexibility index (Phi) is 4.73. The molecule has 0 fully saturated rings. The van der Waals surface area contributed by atoms with Crippen LogP contribution in [0.5, 0.6) is 17.2 Å². The molecule has 0 radical (unpaired) electrons. The lowest BCUT2D eigenvalue weighted by Gasteiger charge is -2.33. The Labute approximate surface area is 119 Å². The smallest absolute Gasteiger partial charge is 0.189 e. The van der Waals surface area contributed by atoms with Crippen molar-refractivity contribution in [3.8, 4) is 17.2 Å². The molecular weight excluding hydrogens is 260 g/mol. The van der Waals surface area contributed by atoms with Crippen molar-refractivity contribution in [2.75, 3.05) is 27.1 Å². The fourth-order valence-electron chi connectivity index (χ4n) is 2.12. The zero-order chi connectivity index (χ0) is 14.6. The molecule has 5 heteroatoms. The van der Waals surface area contributed by atoms with Crippen LogP contribution in [0.2, 0.25) is 0 Å². The van der Waals surface area contributed by atoms with Crippen LogP contribution in [0.1, 0.15) is 25.8 Å². The second-order valence-corrected chi connectivity index (χ2v) is 5.44. The molecular formula is C15H22O5. The fraction of sp³-hybridized carbons (Fsp3) is 0.600. The number of hydrogen-bond donors (Lipinski definition) is 1. The van der Waals surface area contributed by atoms with E-state index in [1.807, 2.05) is 13.8 Å². The van der Waals surface area contributed by atoms with Crippen LogP contribution in [0.3, 0.4) is 0 Å². The summed E-state index contributed by atoms with van der Waals surface area (Å²) < 4.78 is 21.4. The summed E-state index contributed by atoms with van der Waals surface area (Å²) in [5, 5.41) is 10.0. The van der Waals surface area contributed by atoms with E-state index in [0.29, 0.717) is 24.7 Å². The number of benzene rings is 1. The van der Waals surface area contributed by atoms with Gasteiger partial charge in [-0.1, -0.05) is 0 Å². The van der Waals surface area contributed by atoms with E-state index in [-0.39, 0.29) is 18.1 Å². The molecule has 0 spiro atoms. The molecule has 20 heavy (non-hydrogen) atoms. The normalized spacial score (nSPS) is 16.4. The first-order valence-electron chi connectivity index (χ1n) is 6.76. The molecule has 0 saturated heterocycles. The molecule has 112 valence electrons. The quantitative estimate of drug-likeness (QED) is 0.641. The highest BCUT2D eigenvalue weighted by Crippen LogP contribution is 2.40. The van der Waals surface area contributed by atoms with Gasteiger partial charge in [0.05, 0.1) is 13.2 Å². The highest BCUT2D eigenvalue weighted by atomic mass is 16.7. The van der Waals surface area contributed by atoms with Crippen molar-refractivity contribution in [3.05, 3.63) is 17.7 Å². The molecule has 1 N–H and O–H groups in total. The number of phenolic OH excluding ortho intramolecular Hbond substituents is 1. The first-order chi connectivity index (χ1) is 9.52. The molecule has 2 rings (SSSR count).